The number of hydrogen-bond acceptors (Lipinski definition) is 4. The van der Waals surface area contributed by atoms with Gasteiger partial charge in [-0.3, -0.25) is 0 Å². The molecule has 0 aromatic heterocycles. The molecule has 2 aliphatic rings. The first kappa shape index (κ1) is 16.1. The lowest BCUT2D eigenvalue weighted by Gasteiger charge is -2.36. The molecule has 2 fully saturated rings. The fourth-order valence-corrected chi connectivity index (χ4v) is 3.99. The first-order valence-electron chi connectivity index (χ1n) is 6.15. The van der Waals surface area contributed by atoms with E-state index in [0.717, 1.165) is 12.8 Å². The Hall–Kier alpha value is 0.0800. The molecular formula is C10H22ClN3O3S. The van der Waals surface area contributed by atoms with E-state index in [1.165, 1.54) is 4.31 Å². The van der Waals surface area contributed by atoms with Crippen molar-refractivity contribution in [1.29, 1.82) is 0 Å². The minimum absolute atomic E-state index is 0. The molecule has 18 heavy (non-hydrogen) atoms. The van der Waals surface area contributed by atoms with Crippen LogP contribution in [0.25, 0.3) is 0 Å². The smallest absolute Gasteiger partial charge is 0.282 e. The third-order valence-electron chi connectivity index (χ3n) is 3.41. The van der Waals surface area contributed by atoms with Crippen molar-refractivity contribution in [2.45, 2.75) is 18.9 Å². The third-order valence-corrected chi connectivity index (χ3v) is 5.42. The Morgan fingerprint density at radius 2 is 1.83 bits per heavy atom. The molecule has 1 atom stereocenters. The van der Waals surface area contributed by atoms with Gasteiger partial charge in [-0.05, 0) is 19.9 Å². The summed E-state index contributed by atoms with van der Waals surface area (Å²) >= 11 is 0. The molecule has 6 nitrogen and oxygen atoms in total. The third kappa shape index (κ3) is 3.55. The van der Waals surface area contributed by atoms with Crippen molar-refractivity contribution < 1.29 is 13.2 Å². The standard InChI is InChI=1S/C10H21N3O3S.ClH/c1-11-10-3-2-4-13(9-10)17(14,15)12-5-7-16-8-6-12;/h10-11H,2-9H2,1H3;1H. The molecule has 0 aromatic rings. The Bertz CT molecular complexity index is 346. The van der Waals surface area contributed by atoms with Crippen molar-refractivity contribution in [3.8, 4) is 0 Å². The van der Waals surface area contributed by atoms with Crippen LogP contribution in [0.2, 0.25) is 0 Å². The fourth-order valence-electron chi connectivity index (χ4n) is 2.33. The average Bonchev–Trinajstić information content (AvgIpc) is 2.40. The van der Waals surface area contributed by atoms with Crippen LogP contribution in [0.15, 0.2) is 0 Å². The second-order valence-electron chi connectivity index (χ2n) is 4.51. The number of rotatable bonds is 3. The Morgan fingerprint density at radius 3 is 2.44 bits per heavy atom. The van der Waals surface area contributed by atoms with Gasteiger partial charge in [-0.2, -0.15) is 17.0 Å². The zero-order chi connectivity index (χ0) is 12.3. The second kappa shape index (κ2) is 7.02. The van der Waals surface area contributed by atoms with E-state index in [1.807, 2.05) is 7.05 Å². The molecule has 0 amide bonds. The van der Waals surface area contributed by atoms with Crippen LogP contribution in [0.5, 0.6) is 0 Å². The molecular weight excluding hydrogens is 278 g/mol. The number of halogens is 1. The molecule has 2 saturated heterocycles. The summed E-state index contributed by atoms with van der Waals surface area (Å²) in [5, 5.41) is 3.16. The van der Waals surface area contributed by atoms with Crippen LogP contribution in [-0.4, -0.2) is 69.5 Å². The minimum Gasteiger partial charge on any atom is -0.379 e. The molecule has 0 saturated carbocycles. The number of ether oxygens (including phenoxy) is 1. The van der Waals surface area contributed by atoms with E-state index < -0.39 is 10.2 Å². The van der Waals surface area contributed by atoms with Gasteiger partial charge in [-0.1, -0.05) is 0 Å². The van der Waals surface area contributed by atoms with Crippen LogP contribution in [-0.2, 0) is 14.9 Å². The average molecular weight is 300 g/mol. The van der Waals surface area contributed by atoms with Gasteiger partial charge in [0.25, 0.3) is 10.2 Å². The summed E-state index contributed by atoms with van der Waals surface area (Å²) in [6.45, 7) is 3.17. The Kier molecular flexibility index (Phi) is 6.29. The fraction of sp³-hybridized carbons (Fsp3) is 1.00. The molecule has 2 aliphatic heterocycles. The SMILES string of the molecule is CNC1CCCN(S(=O)(=O)N2CCOCC2)C1.Cl. The summed E-state index contributed by atoms with van der Waals surface area (Å²) in [4.78, 5) is 0. The number of nitrogens with one attached hydrogen (secondary N) is 1. The maximum atomic E-state index is 12.4. The molecule has 2 heterocycles. The van der Waals surface area contributed by atoms with Gasteiger partial charge in [0.05, 0.1) is 13.2 Å². The molecule has 108 valence electrons. The molecule has 1 unspecified atom stereocenters. The first-order valence-corrected chi connectivity index (χ1v) is 7.54. The van der Waals surface area contributed by atoms with E-state index in [4.69, 9.17) is 4.74 Å². The minimum atomic E-state index is -3.28. The van der Waals surface area contributed by atoms with Gasteiger partial charge in [0.1, 0.15) is 0 Å². The van der Waals surface area contributed by atoms with Crippen LogP contribution in [0.1, 0.15) is 12.8 Å². The Labute approximate surface area is 115 Å². The van der Waals surface area contributed by atoms with Crippen molar-refractivity contribution in [2.24, 2.45) is 0 Å². The number of hydrogen-bond donors (Lipinski definition) is 1. The van der Waals surface area contributed by atoms with Crippen molar-refractivity contribution in [3.63, 3.8) is 0 Å². The van der Waals surface area contributed by atoms with Crippen LogP contribution in [0.4, 0.5) is 0 Å². The molecule has 0 aromatic carbocycles. The summed E-state index contributed by atoms with van der Waals surface area (Å²) in [5.41, 5.74) is 0. The maximum Gasteiger partial charge on any atom is 0.282 e. The van der Waals surface area contributed by atoms with Gasteiger partial charge in [0, 0.05) is 32.2 Å². The van der Waals surface area contributed by atoms with Gasteiger partial charge in [-0.25, -0.2) is 0 Å². The topological polar surface area (TPSA) is 61.9 Å². The van der Waals surface area contributed by atoms with Gasteiger partial charge >= 0.3 is 0 Å². The Balaban J connectivity index is 0.00000162. The highest BCUT2D eigenvalue weighted by atomic mass is 35.5. The predicted molar refractivity (Wildman–Crippen MR) is 72.2 cm³/mol. The quantitative estimate of drug-likeness (QED) is 0.775. The predicted octanol–water partition coefficient (Wildman–Crippen LogP) is -0.331. The maximum absolute atomic E-state index is 12.4. The van der Waals surface area contributed by atoms with E-state index >= 15 is 0 Å². The van der Waals surface area contributed by atoms with E-state index in [-0.39, 0.29) is 18.4 Å². The lowest BCUT2D eigenvalue weighted by molar-refractivity contribution is 0.0694. The first-order chi connectivity index (χ1) is 8.14. The van der Waals surface area contributed by atoms with Gasteiger partial charge in [0.2, 0.25) is 0 Å². The van der Waals surface area contributed by atoms with Gasteiger partial charge < -0.3 is 10.1 Å². The van der Waals surface area contributed by atoms with Gasteiger partial charge in [0.15, 0.2) is 0 Å². The molecule has 0 radical (unpaired) electrons. The molecule has 0 aliphatic carbocycles. The van der Waals surface area contributed by atoms with E-state index in [9.17, 15) is 8.42 Å². The molecule has 1 N–H and O–H groups in total. The van der Waals surface area contributed by atoms with Crippen LogP contribution >= 0.6 is 12.4 Å². The van der Waals surface area contributed by atoms with Crippen LogP contribution < -0.4 is 5.32 Å². The number of likely N-dealkylation sites (N-methyl/N-ethyl adjacent to an activating group) is 1. The highest BCUT2D eigenvalue weighted by Gasteiger charge is 2.33. The largest absolute Gasteiger partial charge is 0.379 e. The van der Waals surface area contributed by atoms with Crippen molar-refractivity contribution >= 4 is 22.6 Å². The number of morpholine rings is 1. The summed E-state index contributed by atoms with van der Waals surface area (Å²) < 4.78 is 33.1. The summed E-state index contributed by atoms with van der Waals surface area (Å²) in [5.74, 6) is 0. The molecule has 0 spiro atoms. The van der Waals surface area contributed by atoms with Crippen molar-refractivity contribution in [2.75, 3.05) is 46.4 Å². The van der Waals surface area contributed by atoms with Crippen LogP contribution in [0.3, 0.4) is 0 Å². The van der Waals surface area contributed by atoms with Crippen molar-refractivity contribution in [3.05, 3.63) is 0 Å². The highest BCUT2D eigenvalue weighted by Crippen LogP contribution is 2.17. The van der Waals surface area contributed by atoms with Crippen molar-refractivity contribution in [1.82, 2.24) is 13.9 Å². The van der Waals surface area contributed by atoms with Gasteiger partial charge in [-0.15, -0.1) is 12.4 Å². The monoisotopic (exact) mass is 299 g/mol. The van der Waals surface area contributed by atoms with E-state index in [2.05, 4.69) is 5.32 Å². The molecule has 0 bridgehead atoms. The van der Waals surface area contributed by atoms with E-state index in [1.54, 1.807) is 4.31 Å². The van der Waals surface area contributed by atoms with E-state index in [0.29, 0.717) is 39.4 Å². The lowest BCUT2D eigenvalue weighted by atomic mass is 10.1. The zero-order valence-corrected chi connectivity index (χ0v) is 12.3. The number of piperidine rings is 1. The summed E-state index contributed by atoms with van der Waals surface area (Å²) in [6, 6.07) is 0.277. The number of nitrogens with zero attached hydrogens (tertiary/aromatic N) is 2. The lowest BCUT2D eigenvalue weighted by Crippen LogP contribution is -2.54. The zero-order valence-electron chi connectivity index (χ0n) is 10.7. The second-order valence-corrected chi connectivity index (χ2v) is 6.43. The highest BCUT2D eigenvalue weighted by molar-refractivity contribution is 7.86. The van der Waals surface area contributed by atoms with Crippen LogP contribution in [0, 0.1) is 0 Å². The normalized spacial score (nSPS) is 27.7. The Morgan fingerprint density at radius 1 is 1.17 bits per heavy atom. The molecule has 2 rings (SSSR count). The summed E-state index contributed by atoms with van der Waals surface area (Å²) in [6.07, 6.45) is 1.97. The molecule has 8 heteroatoms. The summed E-state index contributed by atoms with van der Waals surface area (Å²) in [7, 11) is -1.40.